The summed E-state index contributed by atoms with van der Waals surface area (Å²) in [5.41, 5.74) is 0.508. The van der Waals surface area contributed by atoms with Gasteiger partial charge in [-0.15, -0.1) is 0 Å². The summed E-state index contributed by atoms with van der Waals surface area (Å²) >= 11 is 5.85. The van der Waals surface area contributed by atoms with Gasteiger partial charge < -0.3 is 4.74 Å². The van der Waals surface area contributed by atoms with Crippen molar-refractivity contribution in [3.8, 4) is 5.75 Å². The zero-order valence-corrected chi connectivity index (χ0v) is 9.30. The second kappa shape index (κ2) is 4.94. The van der Waals surface area contributed by atoms with Gasteiger partial charge in [0.2, 0.25) is 0 Å². The van der Waals surface area contributed by atoms with Crippen LogP contribution in [-0.2, 0) is 0 Å². The molecule has 1 aromatic carbocycles. The number of ketones is 1. The van der Waals surface area contributed by atoms with Crippen molar-refractivity contribution in [3.05, 3.63) is 28.3 Å². The molecule has 0 bridgehead atoms. The van der Waals surface area contributed by atoms with Gasteiger partial charge in [-0.25, -0.2) is 0 Å². The van der Waals surface area contributed by atoms with Crippen LogP contribution in [0.25, 0.3) is 0 Å². The minimum Gasteiger partial charge on any atom is -0.494 e. The Balaban J connectivity index is 3.31. The van der Waals surface area contributed by atoms with Crippen molar-refractivity contribution in [2.24, 2.45) is 0 Å². The summed E-state index contributed by atoms with van der Waals surface area (Å²) in [5.74, 6) is 0.291. The Bertz CT molecular complexity index is 399. The molecule has 0 spiro atoms. The highest BCUT2D eigenvalue weighted by Crippen LogP contribution is 2.26. The third-order valence-corrected chi connectivity index (χ3v) is 2.22. The normalized spacial score (nSPS) is 9.80. The molecule has 0 amide bonds. The molecule has 4 heteroatoms. The Hall–Kier alpha value is -1.35. The Morgan fingerprint density at radius 1 is 1.53 bits per heavy atom. The van der Waals surface area contributed by atoms with Gasteiger partial charge in [0.25, 0.3) is 0 Å². The zero-order chi connectivity index (χ0) is 11.4. The summed E-state index contributed by atoms with van der Waals surface area (Å²) in [5, 5.41) is 0.237. The first kappa shape index (κ1) is 11.7. The van der Waals surface area contributed by atoms with Crippen LogP contribution < -0.4 is 4.74 Å². The van der Waals surface area contributed by atoms with Crippen LogP contribution in [-0.4, -0.2) is 18.7 Å². The van der Waals surface area contributed by atoms with E-state index < -0.39 is 0 Å². The highest BCUT2D eigenvalue weighted by Gasteiger charge is 2.12. The lowest BCUT2D eigenvalue weighted by atomic mass is 10.0. The average Bonchev–Trinajstić information content (AvgIpc) is 2.17. The van der Waals surface area contributed by atoms with Gasteiger partial charge in [-0.3, -0.25) is 9.59 Å². The van der Waals surface area contributed by atoms with Crippen LogP contribution in [0.15, 0.2) is 12.1 Å². The molecule has 1 aromatic rings. The van der Waals surface area contributed by atoms with Crippen LogP contribution in [0.5, 0.6) is 5.75 Å². The van der Waals surface area contributed by atoms with Crippen LogP contribution in [0.3, 0.4) is 0 Å². The van der Waals surface area contributed by atoms with Crippen LogP contribution in [0.1, 0.15) is 34.6 Å². The minimum atomic E-state index is -0.208. The number of hydrogen-bond donors (Lipinski definition) is 0. The lowest BCUT2D eigenvalue weighted by molar-refractivity contribution is 0.100. The van der Waals surface area contributed by atoms with Gasteiger partial charge >= 0.3 is 0 Å². The largest absolute Gasteiger partial charge is 0.494 e. The summed E-state index contributed by atoms with van der Waals surface area (Å²) in [6.45, 7) is 3.69. The third-order valence-electron chi connectivity index (χ3n) is 1.91. The molecule has 1 rings (SSSR count). The van der Waals surface area contributed by atoms with E-state index in [2.05, 4.69) is 0 Å². The van der Waals surface area contributed by atoms with E-state index >= 15 is 0 Å². The summed E-state index contributed by atoms with van der Waals surface area (Å²) in [6, 6.07) is 3.06. The Labute approximate surface area is 93.0 Å². The van der Waals surface area contributed by atoms with E-state index in [1.807, 2.05) is 6.92 Å². The first-order valence-electron chi connectivity index (χ1n) is 4.52. The number of carbonyl (C=O) groups is 2. The van der Waals surface area contributed by atoms with Gasteiger partial charge in [0, 0.05) is 11.1 Å². The quantitative estimate of drug-likeness (QED) is 0.586. The maximum atomic E-state index is 11.3. The monoisotopic (exact) mass is 226 g/mol. The van der Waals surface area contributed by atoms with Crippen molar-refractivity contribution in [2.75, 3.05) is 6.61 Å². The lowest BCUT2D eigenvalue weighted by Crippen LogP contribution is -2.02. The molecule has 0 fully saturated rings. The summed E-state index contributed by atoms with van der Waals surface area (Å²) < 4.78 is 5.22. The molecule has 80 valence electrons. The van der Waals surface area contributed by atoms with Crippen molar-refractivity contribution >= 4 is 23.7 Å². The van der Waals surface area contributed by atoms with Gasteiger partial charge in [-0.1, -0.05) is 11.6 Å². The van der Waals surface area contributed by atoms with Crippen molar-refractivity contribution < 1.29 is 14.3 Å². The predicted octanol–water partition coefficient (Wildman–Crippen LogP) is 2.75. The SMILES string of the molecule is CCOc1cc(Cl)c(C=O)c(C(C)=O)c1. The van der Waals surface area contributed by atoms with Gasteiger partial charge in [-0.05, 0) is 26.0 Å². The lowest BCUT2D eigenvalue weighted by Gasteiger charge is -2.08. The fourth-order valence-electron chi connectivity index (χ4n) is 1.25. The predicted molar refractivity (Wildman–Crippen MR) is 58.0 cm³/mol. The number of benzene rings is 1. The van der Waals surface area contributed by atoms with E-state index in [0.29, 0.717) is 24.2 Å². The van der Waals surface area contributed by atoms with Crippen LogP contribution in [0.4, 0.5) is 0 Å². The molecule has 0 aliphatic rings. The summed E-state index contributed by atoms with van der Waals surface area (Å²) in [4.78, 5) is 22.0. The zero-order valence-electron chi connectivity index (χ0n) is 8.54. The number of halogens is 1. The van der Waals surface area contributed by atoms with Crippen molar-refractivity contribution in [1.29, 1.82) is 0 Å². The van der Waals surface area contributed by atoms with Crippen LogP contribution in [0.2, 0.25) is 5.02 Å². The first-order valence-corrected chi connectivity index (χ1v) is 4.90. The number of hydrogen-bond acceptors (Lipinski definition) is 3. The smallest absolute Gasteiger partial charge is 0.160 e. The standard InChI is InChI=1S/C11H11ClO3/c1-3-15-8-4-9(7(2)14)10(6-13)11(12)5-8/h4-6H,3H2,1-2H3. The summed E-state index contributed by atoms with van der Waals surface area (Å²) in [6.07, 6.45) is 0.578. The molecule has 0 N–H and O–H groups in total. The first-order chi connectivity index (χ1) is 7.10. The maximum absolute atomic E-state index is 11.3. The highest BCUT2D eigenvalue weighted by molar-refractivity contribution is 6.34. The maximum Gasteiger partial charge on any atom is 0.160 e. The molecular formula is C11H11ClO3. The molecule has 3 nitrogen and oxygen atoms in total. The van der Waals surface area contributed by atoms with Gasteiger partial charge in [0.15, 0.2) is 12.1 Å². The second-order valence-electron chi connectivity index (χ2n) is 2.97. The fourth-order valence-corrected chi connectivity index (χ4v) is 1.51. The second-order valence-corrected chi connectivity index (χ2v) is 3.38. The number of Topliss-reactive ketones (excluding diaryl/α,β-unsaturated/α-hetero) is 1. The van der Waals surface area contributed by atoms with Crippen molar-refractivity contribution in [3.63, 3.8) is 0 Å². The van der Waals surface area contributed by atoms with E-state index in [4.69, 9.17) is 16.3 Å². The van der Waals surface area contributed by atoms with Crippen LogP contribution >= 0.6 is 11.6 Å². The van der Waals surface area contributed by atoms with E-state index in [0.717, 1.165) is 0 Å². The van der Waals surface area contributed by atoms with Gasteiger partial charge in [0.1, 0.15) is 5.75 Å². The number of carbonyl (C=O) groups excluding carboxylic acids is 2. The Kier molecular flexibility index (Phi) is 3.86. The molecule has 0 radical (unpaired) electrons. The average molecular weight is 227 g/mol. The number of rotatable bonds is 4. The van der Waals surface area contributed by atoms with E-state index in [1.165, 1.54) is 19.1 Å². The van der Waals surface area contributed by atoms with E-state index in [-0.39, 0.29) is 16.4 Å². The number of ether oxygens (including phenoxy) is 1. The molecule has 0 unspecified atom stereocenters. The molecule has 0 aliphatic carbocycles. The third kappa shape index (κ3) is 2.57. The van der Waals surface area contributed by atoms with Gasteiger partial charge in [-0.2, -0.15) is 0 Å². The number of aldehydes is 1. The van der Waals surface area contributed by atoms with Crippen LogP contribution in [0, 0.1) is 0 Å². The Morgan fingerprint density at radius 3 is 2.67 bits per heavy atom. The minimum absolute atomic E-state index is 0.208. The van der Waals surface area contributed by atoms with Crippen molar-refractivity contribution in [1.82, 2.24) is 0 Å². The summed E-state index contributed by atoms with van der Waals surface area (Å²) in [7, 11) is 0. The topological polar surface area (TPSA) is 43.4 Å². The molecular weight excluding hydrogens is 216 g/mol. The molecule has 0 atom stereocenters. The van der Waals surface area contributed by atoms with Gasteiger partial charge in [0.05, 0.1) is 11.6 Å². The van der Waals surface area contributed by atoms with E-state index in [1.54, 1.807) is 0 Å². The molecule has 0 saturated heterocycles. The van der Waals surface area contributed by atoms with Crippen molar-refractivity contribution in [2.45, 2.75) is 13.8 Å². The highest BCUT2D eigenvalue weighted by atomic mass is 35.5. The molecule has 0 aliphatic heterocycles. The molecule has 0 saturated carbocycles. The molecule has 15 heavy (non-hydrogen) atoms. The van der Waals surface area contributed by atoms with E-state index in [9.17, 15) is 9.59 Å². The Morgan fingerprint density at radius 2 is 2.20 bits per heavy atom. The fraction of sp³-hybridized carbons (Fsp3) is 0.273. The molecule has 0 heterocycles. The molecule has 0 aromatic heterocycles.